The van der Waals surface area contributed by atoms with E-state index >= 15 is 0 Å². The molecule has 9 heteroatoms. The van der Waals surface area contributed by atoms with Gasteiger partial charge in [-0.15, -0.1) is 0 Å². The number of nitrogens with one attached hydrogen (secondary N) is 1. The third kappa shape index (κ3) is 3.85. The van der Waals surface area contributed by atoms with Crippen molar-refractivity contribution in [3.05, 3.63) is 79.3 Å². The van der Waals surface area contributed by atoms with Gasteiger partial charge in [-0.1, -0.05) is 43.2 Å². The van der Waals surface area contributed by atoms with Crippen LogP contribution in [0.3, 0.4) is 0 Å². The highest BCUT2D eigenvalue weighted by atomic mass is 79.9. The summed E-state index contributed by atoms with van der Waals surface area (Å²) in [7, 11) is 0. The molecule has 0 radical (unpaired) electrons. The van der Waals surface area contributed by atoms with E-state index in [1.807, 2.05) is 30.3 Å². The molecule has 0 spiro atoms. The lowest BCUT2D eigenvalue weighted by atomic mass is 10.1. The van der Waals surface area contributed by atoms with Gasteiger partial charge in [0.25, 0.3) is 11.5 Å². The Balaban J connectivity index is 1.84. The van der Waals surface area contributed by atoms with E-state index in [0.29, 0.717) is 4.67 Å². The number of aromatic amines is 1. The first kappa shape index (κ1) is 20.2. The molecule has 1 fully saturated rings. The number of carbonyl (C=O) groups is 1. The summed E-state index contributed by atoms with van der Waals surface area (Å²) in [4.78, 5) is 42.4. The summed E-state index contributed by atoms with van der Waals surface area (Å²) in [5, 5.41) is 0. The van der Waals surface area contributed by atoms with Crippen LogP contribution in [-0.4, -0.2) is 21.5 Å². The second kappa shape index (κ2) is 8.35. The van der Waals surface area contributed by atoms with E-state index in [4.69, 9.17) is 10.2 Å². The number of rotatable bonds is 5. The zero-order valence-corrected chi connectivity index (χ0v) is 17.7. The molecule has 1 amide bonds. The van der Waals surface area contributed by atoms with Crippen LogP contribution in [0.5, 0.6) is 0 Å². The molecule has 4 rings (SSSR count). The van der Waals surface area contributed by atoms with Crippen molar-refractivity contribution >= 4 is 33.3 Å². The number of nitrogens with zero attached hydrogens (tertiary/aromatic N) is 2. The third-order valence-corrected chi connectivity index (χ3v) is 5.76. The fraction of sp³-hybridized carbons (Fsp3) is 0.286. The number of halogens is 1. The second-order valence-corrected chi connectivity index (χ2v) is 8.06. The van der Waals surface area contributed by atoms with Crippen LogP contribution in [0.1, 0.15) is 41.8 Å². The summed E-state index contributed by atoms with van der Waals surface area (Å²) in [5.41, 5.74) is 5.85. The summed E-state index contributed by atoms with van der Waals surface area (Å²) in [6, 6.07) is 12.2. The van der Waals surface area contributed by atoms with E-state index < -0.39 is 17.2 Å². The number of benzene rings is 1. The quantitative estimate of drug-likeness (QED) is 0.591. The number of H-pyrrole nitrogens is 1. The molecule has 0 aliphatic heterocycles. The molecular weight excluding hydrogens is 452 g/mol. The minimum Gasteiger partial charge on any atom is -0.444 e. The zero-order valence-electron chi connectivity index (χ0n) is 16.1. The zero-order chi connectivity index (χ0) is 21.3. The Kier molecular flexibility index (Phi) is 5.63. The fourth-order valence-electron chi connectivity index (χ4n) is 3.89. The number of nitrogens with two attached hydrogens (primary N) is 1. The number of nitrogen functional groups attached to an aromatic ring is 1. The van der Waals surface area contributed by atoms with Crippen LogP contribution in [0.2, 0.25) is 0 Å². The molecule has 1 aliphatic rings. The number of aromatic nitrogens is 2. The van der Waals surface area contributed by atoms with Gasteiger partial charge in [-0.25, -0.2) is 4.79 Å². The molecule has 0 atom stereocenters. The molecule has 3 N–H and O–H groups in total. The fourth-order valence-corrected chi connectivity index (χ4v) is 4.20. The highest BCUT2D eigenvalue weighted by Gasteiger charge is 2.34. The number of carbonyl (C=O) groups excluding carboxylic acids is 1. The van der Waals surface area contributed by atoms with Gasteiger partial charge in [0.15, 0.2) is 16.1 Å². The van der Waals surface area contributed by atoms with E-state index in [0.717, 1.165) is 31.2 Å². The molecule has 2 heterocycles. The first-order valence-electron chi connectivity index (χ1n) is 9.71. The molecule has 8 nitrogen and oxygen atoms in total. The lowest BCUT2D eigenvalue weighted by Gasteiger charge is -2.29. The monoisotopic (exact) mass is 472 g/mol. The summed E-state index contributed by atoms with van der Waals surface area (Å²) >= 11 is 3.20. The SMILES string of the molecule is Nc1c(N(C(=O)c2ccc(Br)o2)C2CCCC2)c(=O)[nH]c(=O)n1Cc1ccccc1. The number of hydrogen-bond acceptors (Lipinski definition) is 5. The van der Waals surface area contributed by atoms with Crippen LogP contribution in [0.4, 0.5) is 11.5 Å². The van der Waals surface area contributed by atoms with Gasteiger partial charge in [0.2, 0.25) is 0 Å². The lowest BCUT2D eigenvalue weighted by Crippen LogP contribution is -2.45. The van der Waals surface area contributed by atoms with E-state index in [9.17, 15) is 14.4 Å². The van der Waals surface area contributed by atoms with Gasteiger partial charge in [-0.3, -0.25) is 24.0 Å². The molecule has 1 saturated carbocycles. The summed E-state index contributed by atoms with van der Waals surface area (Å²) in [6.07, 6.45) is 3.37. The molecular formula is C21H21BrN4O4. The van der Waals surface area contributed by atoms with Crippen molar-refractivity contribution in [2.75, 3.05) is 10.6 Å². The maximum atomic E-state index is 13.3. The van der Waals surface area contributed by atoms with Crippen LogP contribution in [0.25, 0.3) is 0 Å². The maximum Gasteiger partial charge on any atom is 0.330 e. The van der Waals surface area contributed by atoms with Gasteiger partial charge >= 0.3 is 5.69 Å². The van der Waals surface area contributed by atoms with Gasteiger partial charge in [0.05, 0.1) is 6.54 Å². The Morgan fingerprint density at radius 3 is 2.50 bits per heavy atom. The van der Waals surface area contributed by atoms with Crippen molar-refractivity contribution < 1.29 is 9.21 Å². The molecule has 30 heavy (non-hydrogen) atoms. The molecule has 156 valence electrons. The van der Waals surface area contributed by atoms with Crippen molar-refractivity contribution in [1.82, 2.24) is 9.55 Å². The highest BCUT2D eigenvalue weighted by Crippen LogP contribution is 2.31. The molecule has 1 aromatic carbocycles. The van der Waals surface area contributed by atoms with Crippen LogP contribution >= 0.6 is 15.9 Å². The van der Waals surface area contributed by atoms with Gasteiger partial charge < -0.3 is 10.2 Å². The Labute approximate surface area is 180 Å². The van der Waals surface area contributed by atoms with Crippen molar-refractivity contribution in [2.45, 2.75) is 38.3 Å². The van der Waals surface area contributed by atoms with E-state index in [-0.39, 0.29) is 29.9 Å². The Morgan fingerprint density at radius 1 is 1.17 bits per heavy atom. The number of amides is 1. The normalized spacial score (nSPS) is 14.2. The Morgan fingerprint density at radius 2 is 1.87 bits per heavy atom. The van der Waals surface area contributed by atoms with Gasteiger partial charge in [-0.2, -0.15) is 0 Å². The van der Waals surface area contributed by atoms with Crippen molar-refractivity contribution in [2.24, 2.45) is 0 Å². The number of furan rings is 1. The third-order valence-electron chi connectivity index (χ3n) is 5.33. The minimum atomic E-state index is -0.687. The molecule has 0 unspecified atom stereocenters. The first-order valence-corrected chi connectivity index (χ1v) is 10.5. The van der Waals surface area contributed by atoms with E-state index in [1.165, 1.54) is 9.47 Å². The maximum absolute atomic E-state index is 13.3. The van der Waals surface area contributed by atoms with Crippen LogP contribution < -0.4 is 21.9 Å². The summed E-state index contributed by atoms with van der Waals surface area (Å²) < 4.78 is 7.13. The predicted octanol–water partition coefficient (Wildman–Crippen LogP) is 3.11. The molecule has 3 aromatic rings. The average molecular weight is 473 g/mol. The molecule has 1 aliphatic carbocycles. The van der Waals surface area contributed by atoms with Gasteiger partial charge in [-0.05, 0) is 46.5 Å². The Hall–Kier alpha value is -3.07. The smallest absolute Gasteiger partial charge is 0.330 e. The second-order valence-electron chi connectivity index (χ2n) is 7.28. The summed E-state index contributed by atoms with van der Waals surface area (Å²) in [5.74, 6) is -0.415. The van der Waals surface area contributed by atoms with Crippen molar-refractivity contribution in [1.29, 1.82) is 0 Å². The van der Waals surface area contributed by atoms with Gasteiger partial charge in [0.1, 0.15) is 5.82 Å². The summed E-state index contributed by atoms with van der Waals surface area (Å²) in [6.45, 7) is 0.175. The molecule has 2 aromatic heterocycles. The van der Waals surface area contributed by atoms with Crippen molar-refractivity contribution in [3.8, 4) is 0 Å². The van der Waals surface area contributed by atoms with Crippen LogP contribution in [0, 0.1) is 0 Å². The topological polar surface area (TPSA) is 114 Å². The number of hydrogen-bond donors (Lipinski definition) is 2. The number of anilines is 2. The van der Waals surface area contributed by atoms with Crippen LogP contribution in [-0.2, 0) is 6.54 Å². The van der Waals surface area contributed by atoms with E-state index in [2.05, 4.69) is 20.9 Å². The Bertz CT molecular complexity index is 1180. The predicted molar refractivity (Wildman–Crippen MR) is 117 cm³/mol. The van der Waals surface area contributed by atoms with Gasteiger partial charge in [0, 0.05) is 6.04 Å². The minimum absolute atomic E-state index is 0.0186. The molecule has 0 saturated heterocycles. The largest absolute Gasteiger partial charge is 0.444 e. The van der Waals surface area contributed by atoms with Crippen LogP contribution in [0.15, 0.2) is 61.1 Å². The first-order chi connectivity index (χ1) is 14.5. The average Bonchev–Trinajstić information content (AvgIpc) is 3.40. The lowest BCUT2D eigenvalue weighted by molar-refractivity contribution is 0.0948. The van der Waals surface area contributed by atoms with Crippen molar-refractivity contribution in [3.63, 3.8) is 0 Å². The van der Waals surface area contributed by atoms with E-state index in [1.54, 1.807) is 12.1 Å². The molecule has 0 bridgehead atoms. The standard InChI is InChI=1S/C21H21BrN4O4/c22-16-11-10-15(30-16)20(28)26(14-8-4-5-9-14)17-18(23)25(21(29)24-19(17)27)12-13-6-2-1-3-7-13/h1-3,6-7,10-11,14H,4-5,8-9,12,23H2,(H,24,27,29). The highest BCUT2D eigenvalue weighted by molar-refractivity contribution is 9.10.